The Morgan fingerprint density at radius 3 is 2.31 bits per heavy atom. The number of nitrogens with two attached hydrogens (primary N) is 1. The molecule has 1 fully saturated rings. The quantitative estimate of drug-likeness (QED) is 0.758. The van der Waals surface area contributed by atoms with Crippen LogP contribution in [0.15, 0.2) is 54.6 Å². The molecule has 7 heteroatoms. The lowest BCUT2D eigenvalue weighted by atomic mass is 9.89. The van der Waals surface area contributed by atoms with E-state index in [1.54, 1.807) is 38.4 Å². The number of benzene rings is 2. The molecular formula is C22H29ClN4O2. The van der Waals surface area contributed by atoms with Gasteiger partial charge < -0.3 is 16.0 Å². The molecule has 3 N–H and O–H groups in total. The minimum absolute atomic E-state index is 0. The van der Waals surface area contributed by atoms with Crippen LogP contribution in [-0.2, 0) is 4.79 Å². The van der Waals surface area contributed by atoms with Gasteiger partial charge in [0.25, 0.3) is 5.91 Å². The Labute approximate surface area is 178 Å². The number of rotatable bonds is 6. The number of hydrogen-bond acceptors (Lipinski definition) is 4. The summed E-state index contributed by atoms with van der Waals surface area (Å²) in [6, 6.07) is 17.3. The average molecular weight is 417 g/mol. The normalized spacial score (nSPS) is 18.7. The minimum atomic E-state index is -0.0604. The highest BCUT2D eigenvalue weighted by molar-refractivity contribution is 5.96. The summed E-state index contributed by atoms with van der Waals surface area (Å²) in [6.45, 7) is 2.59. The number of nitrogens with zero attached hydrogens (tertiary/aromatic N) is 2. The Hall–Kier alpha value is -2.41. The number of nitrogens with one attached hydrogen (secondary N) is 1. The predicted octanol–water partition coefficient (Wildman–Crippen LogP) is 2.42. The molecule has 29 heavy (non-hydrogen) atoms. The van der Waals surface area contributed by atoms with Crippen LogP contribution < -0.4 is 11.1 Å². The summed E-state index contributed by atoms with van der Waals surface area (Å²) in [5.41, 5.74) is 8.55. The van der Waals surface area contributed by atoms with Crippen LogP contribution in [0.1, 0.15) is 21.8 Å². The Kier molecular flexibility index (Phi) is 8.20. The molecule has 0 aromatic heterocycles. The highest BCUT2D eigenvalue weighted by atomic mass is 35.5. The topological polar surface area (TPSA) is 78.7 Å². The number of halogens is 1. The first-order valence-electron chi connectivity index (χ1n) is 9.57. The maximum absolute atomic E-state index is 12.5. The average Bonchev–Trinajstić information content (AvgIpc) is 3.11. The molecule has 0 saturated carbocycles. The van der Waals surface area contributed by atoms with E-state index >= 15 is 0 Å². The summed E-state index contributed by atoms with van der Waals surface area (Å²) < 4.78 is 0. The lowest BCUT2D eigenvalue weighted by molar-refractivity contribution is -0.117. The van der Waals surface area contributed by atoms with Gasteiger partial charge in [-0.15, -0.1) is 12.4 Å². The van der Waals surface area contributed by atoms with E-state index in [-0.39, 0.29) is 24.2 Å². The van der Waals surface area contributed by atoms with Gasteiger partial charge in [-0.25, -0.2) is 0 Å². The zero-order valence-electron chi connectivity index (χ0n) is 16.9. The monoisotopic (exact) mass is 416 g/mol. The molecule has 0 radical (unpaired) electrons. The van der Waals surface area contributed by atoms with E-state index in [2.05, 4.69) is 22.3 Å². The van der Waals surface area contributed by atoms with Gasteiger partial charge in [-0.05, 0) is 42.3 Å². The molecule has 2 aromatic carbocycles. The van der Waals surface area contributed by atoms with Gasteiger partial charge in [-0.3, -0.25) is 14.5 Å². The van der Waals surface area contributed by atoms with Gasteiger partial charge in [0.15, 0.2) is 0 Å². The first kappa shape index (κ1) is 22.9. The number of carbonyl (C=O) groups is 2. The molecule has 2 atom stereocenters. The van der Waals surface area contributed by atoms with E-state index < -0.39 is 0 Å². The first-order chi connectivity index (χ1) is 13.5. The second-order valence-electron chi connectivity index (χ2n) is 7.53. The van der Waals surface area contributed by atoms with E-state index in [0.29, 0.717) is 36.2 Å². The Morgan fingerprint density at radius 2 is 1.72 bits per heavy atom. The van der Waals surface area contributed by atoms with Crippen molar-refractivity contribution in [1.82, 2.24) is 9.80 Å². The molecule has 1 aliphatic heterocycles. The molecule has 1 saturated heterocycles. The SMILES string of the molecule is CN(C)C(=O)c1ccc(NC(=O)CN2C[C@@H](CN)[C@H](c3ccccc3)C2)cc1.Cl. The van der Waals surface area contributed by atoms with E-state index in [9.17, 15) is 9.59 Å². The summed E-state index contributed by atoms with van der Waals surface area (Å²) in [5.74, 6) is 0.591. The smallest absolute Gasteiger partial charge is 0.253 e. The molecule has 2 amide bonds. The van der Waals surface area contributed by atoms with Gasteiger partial charge in [0, 0.05) is 44.4 Å². The molecule has 3 rings (SSSR count). The highest BCUT2D eigenvalue weighted by Crippen LogP contribution is 2.31. The third kappa shape index (κ3) is 5.79. The van der Waals surface area contributed by atoms with E-state index in [0.717, 1.165) is 13.1 Å². The molecule has 6 nitrogen and oxygen atoms in total. The van der Waals surface area contributed by atoms with Crippen LogP contribution in [-0.4, -0.2) is 61.9 Å². The molecule has 0 unspecified atom stereocenters. The van der Waals surface area contributed by atoms with Crippen LogP contribution in [0.2, 0.25) is 0 Å². The Morgan fingerprint density at radius 1 is 1.07 bits per heavy atom. The molecule has 2 aromatic rings. The number of hydrogen-bond donors (Lipinski definition) is 2. The fraction of sp³-hybridized carbons (Fsp3) is 0.364. The molecule has 0 aliphatic carbocycles. The van der Waals surface area contributed by atoms with Gasteiger partial charge in [0.1, 0.15) is 0 Å². The van der Waals surface area contributed by atoms with Crippen molar-refractivity contribution in [2.45, 2.75) is 5.92 Å². The van der Waals surface area contributed by atoms with Gasteiger partial charge in [0.05, 0.1) is 6.54 Å². The van der Waals surface area contributed by atoms with Crippen molar-refractivity contribution < 1.29 is 9.59 Å². The van der Waals surface area contributed by atoms with Crippen LogP contribution in [0.5, 0.6) is 0 Å². The number of likely N-dealkylation sites (tertiary alicyclic amines) is 1. The zero-order valence-corrected chi connectivity index (χ0v) is 17.7. The molecule has 156 valence electrons. The van der Waals surface area contributed by atoms with Crippen molar-refractivity contribution in [3.8, 4) is 0 Å². The summed E-state index contributed by atoms with van der Waals surface area (Å²) >= 11 is 0. The molecule has 1 aliphatic rings. The lowest BCUT2D eigenvalue weighted by Gasteiger charge is -2.16. The third-order valence-electron chi connectivity index (χ3n) is 5.24. The standard InChI is InChI=1S/C22H28N4O2.ClH/c1-25(2)22(28)17-8-10-19(11-9-17)24-21(27)15-26-13-18(12-23)20(14-26)16-6-4-3-5-7-16;/h3-11,18,20H,12-15,23H2,1-2H3,(H,24,27);1H/t18-,20+;/m1./s1. The van der Waals surface area contributed by atoms with Crippen molar-refractivity contribution in [3.63, 3.8) is 0 Å². The van der Waals surface area contributed by atoms with Crippen molar-refractivity contribution in [2.24, 2.45) is 11.7 Å². The number of amides is 2. The van der Waals surface area contributed by atoms with Crippen LogP contribution >= 0.6 is 12.4 Å². The van der Waals surface area contributed by atoms with Crippen LogP contribution in [0.25, 0.3) is 0 Å². The third-order valence-corrected chi connectivity index (χ3v) is 5.24. The van der Waals surface area contributed by atoms with E-state index in [1.165, 1.54) is 10.5 Å². The second-order valence-corrected chi connectivity index (χ2v) is 7.53. The van der Waals surface area contributed by atoms with Gasteiger partial charge in [-0.1, -0.05) is 30.3 Å². The minimum Gasteiger partial charge on any atom is -0.345 e. The summed E-state index contributed by atoms with van der Waals surface area (Å²) in [4.78, 5) is 28.1. The lowest BCUT2D eigenvalue weighted by Crippen LogP contribution is -2.32. The van der Waals surface area contributed by atoms with E-state index in [4.69, 9.17) is 5.73 Å². The van der Waals surface area contributed by atoms with Crippen molar-refractivity contribution in [1.29, 1.82) is 0 Å². The van der Waals surface area contributed by atoms with Gasteiger partial charge >= 0.3 is 0 Å². The first-order valence-corrected chi connectivity index (χ1v) is 9.57. The fourth-order valence-electron chi connectivity index (χ4n) is 3.76. The Balaban J connectivity index is 0.00000300. The highest BCUT2D eigenvalue weighted by Gasteiger charge is 2.33. The number of carbonyl (C=O) groups excluding carboxylic acids is 2. The second kappa shape index (κ2) is 10.4. The number of anilines is 1. The van der Waals surface area contributed by atoms with Crippen molar-refractivity contribution >= 4 is 29.9 Å². The van der Waals surface area contributed by atoms with Crippen molar-refractivity contribution in [3.05, 3.63) is 65.7 Å². The molecule has 1 heterocycles. The largest absolute Gasteiger partial charge is 0.345 e. The summed E-state index contributed by atoms with van der Waals surface area (Å²) in [6.07, 6.45) is 0. The predicted molar refractivity (Wildman–Crippen MR) is 119 cm³/mol. The van der Waals surface area contributed by atoms with Crippen LogP contribution in [0.3, 0.4) is 0 Å². The summed E-state index contributed by atoms with van der Waals surface area (Å²) in [5, 5.41) is 2.91. The maximum atomic E-state index is 12.5. The van der Waals surface area contributed by atoms with Gasteiger partial charge in [0.2, 0.25) is 5.91 Å². The fourth-order valence-corrected chi connectivity index (χ4v) is 3.76. The molecular weight excluding hydrogens is 388 g/mol. The van der Waals surface area contributed by atoms with Gasteiger partial charge in [-0.2, -0.15) is 0 Å². The van der Waals surface area contributed by atoms with Crippen molar-refractivity contribution in [2.75, 3.05) is 45.6 Å². The van der Waals surface area contributed by atoms with Crippen LogP contribution in [0.4, 0.5) is 5.69 Å². The van der Waals surface area contributed by atoms with E-state index in [1.807, 2.05) is 18.2 Å². The molecule has 0 bridgehead atoms. The Bertz CT molecular complexity index is 811. The zero-order chi connectivity index (χ0) is 20.1. The summed E-state index contributed by atoms with van der Waals surface area (Å²) in [7, 11) is 3.43. The van der Waals surface area contributed by atoms with Crippen LogP contribution in [0, 0.1) is 5.92 Å². The molecule has 0 spiro atoms. The maximum Gasteiger partial charge on any atom is 0.253 e.